The van der Waals surface area contributed by atoms with Gasteiger partial charge in [0, 0.05) is 23.6 Å². The molecule has 0 radical (unpaired) electrons. The number of fused-ring (bicyclic) bond motifs is 1. The molecule has 6 heteroatoms. The molecule has 5 nitrogen and oxygen atoms in total. The zero-order valence-corrected chi connectivity index (χ0v) is 15.9. The van der Waals surface area contributed by atoms with Crippen LogP contribution in [0.4, 0.5) is 4.79 Å². The highest BCUT2D eigenvalue weighted by atomic mass is 79.9. The van der Waals surface area contributed by atoms with E-state index in [9.17, 15) is 9.59 Å². The molecule has 24 heavy (non-hydrogen) atoms. The molecule has 0 saturated carbocycles. The van der Waals surface area contributed by atoms with E-state index < -0.39 is 11.7 Å². The first kappa shape index (κ1) is 18.5. The summed E-state index contributed by atoms with van der Waals surface area (Å²) in [5.74, 6) is 0. The summed E-state index contributed by atoms with van der Waals surface area (Å²) in [6.45, 7) is 6.64. The van der Waals surface area contributed by atoms with Crippen molar-refractivity contribution in [3.8, 4) is 0 Å². The third-order valence-corrected chi connectivity index (χ3v) is 3.92. The molecule has 0 unspecified atom stereocenters. The lowest BCUT2D eigenvalue weighted by Gasteiger charge is -2.19. The number of pyridine rings is 1. The SMILES string of the molecule is CC(C)(C)OC(=O)NCCCCn1c(=O)ccc2cc(Br)ccc21. The maximum atomic E-state index is 12.1. The van der Waals surface area contributed by atoms with E-state index in [0.29, 0.717) is 13.1 Å². The fraction of sp³-hybridized carbons (Fsp3) is 0.444. The second-order valence-corrected chi connectivity index (χ2v) is 7.58. The molecule has 2 aromatic rings. The molecule has 0 aliphatic rings. The second kappa shape index (κ2) is 7.83. The maximum absolute atomic E-state index is 12.1. The first-order chi connectivity index (χ1) is 11.3. The van der Waals surface area contributed by atoms with Crippen LogP contribution in [0.25, 0.3) is 10.9 Å². The third-order valence-electron chi connectivity index (χ3n) is 3.43. The smallest absolute Gasteiger partial charge is 0.407 e. The fourth-order valence-electron chi connectivity index (χ4n) is 2.40. The summed E-state index contributed by atoms with van der Waals surface area (Å²) in [4.78, 5) is 23.7. The fourth-order valence-corrected chi connectivity index (χ4v) is 2.78. The lowest BCUT2D eigenvalue weighted by atomic mass is 10.2. The largest absolute Gasteiger partial charge is 0.444 e. The number of benzene rings is 1. The van der Waals surface area contributed by atoms with Crippen LogP contribution >= 0.6 is 15.9 Å². The number of hydrogen-bond acceptors (Lipinski definition) is 3. The summed E-state index contributed by atoms with van der Waals surface area (Å²) in [5, 5.41) is 3.75. The minimum Gasteiger partial charge on any atom is -0.444 e. The van der Waals surface area contributed by atoms with Gasteiger partial charge in [0.05, 0.1) is 5.52 Å². The van der Waals surface area contributed by atoms with Crippen LogP contribution in [0.5, 0.6) is 0 Å². The van der Waals surface area contributed by atoms with E-state index in [1.54, 1.807) is 10.6 Å². The predicted molar refractivity (Wildman–Crippen MR) is 99.4 cm³/mol. The van der Waals surface area contributed by atoms with Gasteiger partial charge >= 0.3 is 6.09 Å². The molecule has 130 valence electrons. The number of aromatic nitrogens is 1. The standard InChI is InChI=1S/C18H23BrN2O3/c1-18(2,3)24-17(23)20-10-4-5-11-21-15-8-7-14(19)12-13(15)6-9-16(21)22/h6-9,12H,4-5,10-11H2,1-3H3,(H,20,23). The number of rotatable bonds is 5. The monoisotopic (exact) mass is 394 g/mol. The maximum Gasteiger partial charge on any atom is 0.407 e. The molecule has 1 N–H and O–H groups in total. The highest BCUT2D eigenvalue weighted by molar-refractivity contribution is 9.10. The molecule has 0 aliphatic heterocycles. The lowest BCUT2D eigenvalue weighted by Crippen LogP contribution is -2.33. The van der Waals surface area contributed by atoms with Crippen molar-refractivity contribution < 1.29 is 9.53 Å². The Kier molecular flexibility index (Phi) is 6.04. The molecule has 0 atom stereocenters. The second-order valence-electron chi connectivity index (χ2n) is 6.66. The topological polar surface area (TPSA) is 60.3 Å². The molecule has 0 fully saturated rings. The average Bonchev–Trinajstić information content (AvgIpc) is 2.47. The zero-order valence-electron chi connectivity index (χ0n) is 14.3. The molecule has 2 rings (SSSR count). The number of amides is 1. The van der Waals surface area contributed by atoms with Crippen molar-refractivity contribution in [3.05, 3.63) is 45.2 Å². The number of alkyl carbamates (subject to hydrolysis) is 1. The Morgan fingerprint density at radius 2 is 1.96 bits per heavy atom. The summed E-state index contributed by atoms with van der Waals surface area (Å²) in [6.07, 6.45) is 1.17. The number of carbonyl (C=O) groups is 1. The van der Waals surface area contributed by atoms with Crippen molar-refractivity contribution in [2.75, 3.05) is 6.54 Å². The van der Waals surface area contributed by atoms with Gasteiger partial charge in [0.1, 0.15) is 5.60 Å². The number of carbonyl (C=O) groups excluding carboxylic acids is 1. The molecule has 0 bridgehead atoms. The highest BCUT2D eigenvalue weighted by Gasteiger charge is 2.15. The third kappa shape index (κ3) is 5.37. The van der Waals surface area contributed by atoms with Crippen LogP contribution in [0.15, 0.2) is 39.6 Å². The van der Waals surface area contributed by atoms with E-state index >= 15 is 0 Å². The van der Waals surface area contributed by atoms with E-state index in [1.807, 2.05) is 45.0 Å². The van der Waals surface area contributed by atoms with E-state index in [-0.39, 0.29) is 5.56 Å². The minimum absolute atomic E-state index is 0.00933. The van der Waals surface area contributed by atoms with Gasteiger partial charge in [-0.25, -0.2) is 4.79 Å². The van der Waals surface area contributed by atoms with Gasteiger partial charge < -0.3 is 14.6 Å². The highest BCUT2D eigenvalue weighted by Crippen LogP contribution is 2.18. The van der Waals surface area contributed by atoms with E-state index in [0.717, 1.165) is 28.2 Å². The molecule has 1 heterocycles. The Balaban J connectivity index is 1.89. The Bertz CT molecular complexity index is 778. The lowest BCUT2D eigenvalue weighted by molar-refractivity contribution is 0.0527. The number of nitrogens with one attached hydrogen (secondary N) is 1. The van der Waals surface area contributed by atoms with Gasteiger partial charge in [0.2, 0.25) is 0 Å². The Labute approximate surface area is 150 Å². The van der Waals surface area contributed by atoms with Crippen LogP contribution in [0.1, 0.15) is 33.6 Å². The summed E-state index contributed by atoms with van der Waals surface area (Å²) < 4.78 is 7.94. The molecule has 1 aromatic carbocycles. The predicted octanol–water partition coefficient (Wildman–Crippen LogP) is 4.07. The number of unbranched alkanes of at least 4 members (excludes halogenated alkanes) is 1. The Morgan fingerprint density at radius 3 is 2.67 bits per heavy atom. The van der Waals surface area contributed by atoms with Crippen molar-refractivity contribution >= 4 is 32.9 Å². The van der Waals surface area contributed by atoms with Crippen molar-refractivity contribution in [1.29, 1.82) is 0 Å². The number of halogens is 1. The molecule has 1 amide bonds. The Hall–Kier alpha value is -1.82. The molecule has 0 spiro atoms. The van der Waals surface area contributed by atoms with Crippen LogP contribution < -0.4 is 10.9 Å². The molecular formula is C18H23BrN2O3. The van der Waals surface area contributed by atoms with E-state index in [1.165, 1.54) is 0 Å². The number of aryl methyl sites for hydroxylation is 1. The first-order valence-corrected chi connectivity index (χ1v) is 8.81. The van der Waals surface area contributed by atoms with Crippen molar-refractivity contribution in [2.24, 2.45) is 0 Å². The van der Waals surface area contributed by atoms with Gasteiger partial charge in [-0.05, 0) is 63.3 Å². The van der Waals surface area contributed by atoms with Gasteiger partial charge in [-0.3, -0.25) is 4.79 Å². The van der Waals surface area contributed by atoms with Crippen molar-refractivity contribution in [2.45, 2.75) is 45.8 Å². The van der Waals surface area contributed by atoms with Gasteiger partial charge in [0.15, 0.2) is 0 Å². The van der Waals surface area contributed by atoms with Gasteiger partial charge in [-0.2, -0.15) is 0 Å². The number of nitrogens with zero attached hydrogens (tertiary/aromatic N) is 1. The molecular weight excluding hydrogens is 372 g/mol. The average molecular weight is 395 g/mol. The molecule has 0 saturated heterocycles. The minimum atomic E-state index is -0.491. The summed E-state index contributed by atoms with van der Waals surface area (Å²) in [7, 11) is 0. The number of ether oxygens (including phenoxy) is 1. The van der Waals surface area contributed by atoms with Crippen LogP contribution in [0.2, 0.25) is 0 Å². The van der Waals surface area contributed by atoms with Crippen LogP contribution in [0, 0.1) is 0 Å². The van der Waals surface area contributed by atoms with Gasteiger partial charge in [-0.1, -0.05) is 15.9 Å². The van der Waals surface area contributed by atoms with Crippen LogP contribution in [-0.2, 0) is 11.3 Å². The zero-order chi connectivity index (χ0) is 17.7. The normalized spacial score (nSPS) is 11.5. The van der Waals surface area contributed by atoms with Crippen molar-refractivity contribution in [3.63, 3.8) is 0 Å². The first-order valence-electron chi connectivity index (χ1n) is 8.02. The summed E-state index contributed by atoms with van der Waals surface area (Å²) in [5.41, 5.74) is 0.421. The quantitative estimate of drug-likeness (QED) is 0.777. The van der Waals surface area contributed by atoms with Gasteiger partial charge in [-0.15, -0.1) is 0 Å². The van der Waals surface area contributed by atoms with E-state index in [4.69, 9.17) is 4.74 Å². The van der Waals surface area contributed by atoms with Crippen LogP contribution in [-0.4, -0.2) is 22.8 Å². The Morgan fingerprint density at radius 1 is 1.21 bits per heavy atom. The van der Waals surface area contributed by atoms with Crippen LogP contribution in [0.3, 0.4) is 0 Å². The van der Waals surface area contributed by atoms with Gasteiger partial charge in [0.25, 0.3) is 5.56 Å². The molecule has 1 aromatic heterocycles. The summed E-state index contributed by atoms with van der Waals surface area (Å²) >= 11 is 3.44. The molecule has 0 aliphatic carbocycles. The number of hydrogen-bond donors (Lipinski definition) is 1. The van der Waals surface area contributed by atoms with Crippen molar-refractivity contribution in [1.82, 2.24) is 9.88 Å². The summed E-state index contributed by atoms with van der Waals surface area (Å²) in [6, 6.07) is 9.30. The van der Waals surface area contributed by atoms with E-state index in [2.05, 4.69) is 21.2 Å².